The summed E-state index contributed by atoms with van der Waals surface area (Å²) in [5.41, 5.74) is 2.33. The Morgan fingerprint density at radius 2 is 1.57 bits per heavy atom. The van der Waals surface area contributed by atoms with Crippen molar-refractivity contribution in [1.82, 2.24) is 4.72 Å². The fourth-order valence-corrected chi connectivity index (χ4v) is 4.15. The fraction of sp³-hybridized carbons (Fsp3) is 0.273. The first-order chi connectivity index (χ1) is 13.3. The van der Waals surface area contributed by atoms with Crippen LogP contribution in [0.1, 0.15) is 18.1 Å². The Labute approximate surface area is 166 Å². The third kappa shape index (κ3) is 4.64. The summed E-state index contributed by atoms with van der Waals surface area (Å²) in [5.74, 6) is 1.46. The second-order valence-corrected chi connectivity index (χ2v) is 8.67. The van der Waals surface area contributed by atoms with Crippen molar-refractivity contribution in [2.24, 2.45) is 0 Å². The van der Waals surface area contributed by atoms with E-state index in [1.54, 1.807) is 32.2 Å². The summed E-state index contributed by atoms with van der Waals surface area (Å²) in [4.78, 5) is 0.225. The molecule has 0 fully saturated rings. The molecule has 28 heavy (non-hydrogen) atoms. The predicted octanol–water partition coefficient (Wildman–Crippen LogP) is 4.21. The molecule has 5 nitrogen and oxygen atoms in total. The highest BCUT2D eigenvalue weighted by molar-refractivity contribution is 7.89. The van der Waals surface area contributed by atoms with Gasteiger partial charge in [-0.25, -0.2) is 13.1 Å². The minimum Gasteiger partial charge on any atom is -0.497 e. The second-order valence-electron chi connectivity index (χ2n) is 6.95. The first-order valence-electron chi connectivity index (χ1n) is 9.09. The number of rotatable bonds is 7. The van der Waals surface area contributed by atoms with Gasteiger partial charge in [0.2, 0.25) is 10.0 Å². The van der Waals surface area contributed by atoms with Crippen LogP contribution in [0.3, 0.4) is 0 Å². The van der Waals surface area contributed by atoms with E-state index in [0.717, 1.165) is 27.8 Å². The Morgan fingerprint density at radius 3 is 2.29 bits per heavy atom. The molecule has 0 heterocycles. The topological polar surface area (TPSA) is 64.6 Å². The lowest BCUT2D eigenvalue weighted by Crippen LogP contribution is -2.36. The largest absolute Gasteiger partial charge is 0.497 e. The molecule has 0 aromatic heterocycles. The van der Waals surface area contributed by atoms with Gasteiger partial charge in [0.15, 0.2) is 0 Å². The van der Waals surface area contributed by atoms with Crippen molar-refractivity contribution in [2.75, 3.05) is 13.7 Å². The van der Waals surface area contributed by atoms with E-state index < -0.39 is 10.0 Å². The van der Waals surface area contributed by atoms with Gasteiger partial charge in [0.05, 0.1) is 18.0 Å². The average molecular weight is 400 g/mol. The van der Waals surface area contributed by atoms with Crippen LogP contribution in [0.25, 0.3) is 10.8 Å². The summed E-state index contributed by atoms with van der Waals surface area (Å²) in [6.07, 6.45) is 0. The highest BCUT2D eigenvalue weighted by Gasteiger charge is 2.18. The monoisotopic (exact) mass is 399 g/mol. The number of hydrogen-bond donors (Lipinski definition) is 1. The van der Waals surface area contributed by atoms with Crippen LogP contribution in [0.15, 0.2) is 59.5 Å². The number of aryl methyl sites for hydroxylation is 2. The van der Waals surface area contributed by atoms with E-state index in [9.17, 15) is 8.42 Å². The van der Waals surface area contributed by atoms with Crippen molar-refractivity contribution >= 4 is 20.8 Å². The Bertz CT molecular complexity index is 1090. The molecule has 0 amide bonds. The maximum Gasteiger partial charge on any atom is 0.240 e. The first-order valence-corrected chi connectivity index (χ1v) is 10.6. The Kier molecular flexibility index (Phi) is 5.91. The van der Waals surface area contributed by atoms with Gasteiger partial charge in [-0.1, -0.05) is 18.2 Å². The normalized spacial score (nSPS) is 12.7. The lowest BCUT2D eigenvalue weighted by atomic mass is 10.1. The van der Waals surface area contributed by atoms with E-state index in [0.29, 0.717) is 0 Å². The SMILES string of the molecule is COc1ccc2cc(S(=O)(=O)N[C@@H](C)COc3ccc(C)c(C)c3)ccc2c1. The van der Waals surface area contributed by atoms with Crippen molar-refractivity contribution < 1.29 is 17.9 Å². The van der Waals surface area contributed by atoms with Crippen LogP contribution in [0.2, 0.25) is 0 Å². The number of nitrogens with one attached hydrogen (secondary N) is 1. The van der Waals surface area contributed by atoms with E-state index in [1.165, 1.54) is 5.56 Å². The summed E-state index contributed by atoms with van der Waals surface area (Å²) >= 11 is 0. The molecule has 148 valence electrons. The number of ether oxygens (including phenoxy) is 2. The summed E-state index contributed by atoms with van der Waals surface area (Å²) < 4.78 is 39.1. The van der Waals surface area contributed by atoms with Crippen LogP contribution in [-0.2, 0) is 10.0 Å². The summed E-state index contributed by atoms with van der Waals surface area (Å²) in [5, 5.41) is 1.76. The van der Waals surface area contributed by atoms with Crippen LogP contribution in [-0.4, -0.2) is 28.2 Å². The minimum absolute atomic E-state index is 0.225. The molecule has 0 bridgehead atoms. The third-order valence-electron chi connectivity index (χ3n) is 4.66. The molecule has 0 unspecified atom stereocenters. The molecule has 3 aromatic rings. The smallest absolute Gasteiger partial charge is 0.240 e. The molecule has 3 rings (SSSR count). The Balaban J connectivity index is 1.69. The van der Waals surface area contributed by atoms with E-state index in [4.69, 9.17) is 9.47 Å². The highest BCUT2D eigenvalue weighted by Crippen LogP contribution is 2.24. The van der Waals surface area contributed by atoms with Crippen LogP contribution < -0.4 is 14.2 Å². The lowest BCUT2D eigenvalue weighted by molar-refractivity contribution is 0.287. The zero-order valence-electron chi connectivity index (χ0n) is 16.5. The van der Waals surface area contributed by atoms with Crippen LogP contribution >= 0.6 is 0 Å². The summed E-state index contributed by atoms with van der Waals surface area (Å²) in [7, 11) is -2.04. The molecule has 0 saturated heterocycles. The van der Waals surface area contributed by atoms with Gasteiger partial charge in [0.25, 0.3) is 0 Å². The molecule has 1 N–H and O–H groups in total. The maximum absolute atomic E-state index is 12.7. The van der Waals surface area contributed by atoms with Gasteiger partial charge >= 0.3 is 0 Å². The zero-order chi connectivity index (χ0) is 20.3. The van der Waals surface area contributed by atoms with Gasteiger partial charge in [-0.05, 0) is 79.1 Å². The Morgan fingerprint density at radius 1 is 0.893 bits per heavy atom. The number of benzene rings is 3. The standard InChI is InChI=1S/C22H25NO4S/c1-15-5-8-21(11-16(15)2)27-14-17(3)23-28(24,25)22-10-7-18-12-20(26-4)9-6-19(18)13-22/h5-13,17,23H,14H2,1-4H3/t17-/m0/s1. The molecule has 0 radical (unpaired) electrons. The second kappa shape index (κ2) is 8.20. The molecule has 0 spiro atoms. The molecule has 0 aliphatic rings. The van der Waals surface area contributed by atoms with Crippen molar-refractivity contribution in [3.63, 3.8) is 0 Å². The number of sulfonamides is 1. The van der Waals surface area contributed by atoms with Crippen molar-refractivity contribution in [1.29, 1.82) is 0 Å². The molecule has 6 heteroatoms. The van der Waals surface area contributed by atoms with Crippen molar-refractivity contribution in [3.05, 3.63) is 65.7 Å². The van der Waals surface area contributed by atoms with E-state index in [-0.39, 0.29) is 17.5 Å². The van der Waals surface area contributed by atoms with E-state index in [2.05, 4.69) is 4.72 Å². The van der Waals surface area contributed by atoms with Crippen molar-refractivity contribution in [3.8, 4) is 11.5 Å². The maximum atomic E-state index is 12.7. The van der Waals surface area contributed by atoms with Gasteiger partial charge in [-0.15, -0.1) is 0 Å². The summed E-state index contributed by atoms with van der Waals surface area (Å²) in [6, 6.07) is 16.0. The van der Waals surface area contributed by atoms with Gasteiger partial charge < -0.3 is 9.47 Å². The van der Waals surface area contributed by atoms with Gasteiger partial charge in [-0.3, -0.25) is 0 Å². The fourth-order valence-electron chi connectivity index (χ4n) is 2.89. The molecule has 3 aromatic carbocycles. The summed E-state index contributed by atoms with van der Waals surface area (Å²) in [6.45, 7) is 6.08. The molecular formula is C22H25NO4S. The van der Waals surface area contributed by atoms with Crippen LogP contribution in [0.4, 0.5) is 0 Å². The minimum atomic E-state index is -3.65. The van der Waals surface area contributed by atoms with Gasteiger partial charge in [-0.2, -0.15) is 0 Å². The predicted molar refractivity (Wildman–Crippen MR) is 112 cm³/mol. The van der Waals surface area contributed by atoms with Gasteiger partial charge in [0.1, 0.15) is 18.1 Å². The Hall–Kier alpha value is -2.57. The van der Waals surface area contributed by atoms with Crippen LogP contribution in [0, 0.1) is 13.8 Å². The molecule has 0 saturated carbocycles. The number of methoxy groups -OCH3 is 1. The first kappa shape index (κ1) is 20.2. The molecule has 0 aliphatic heterocycles. The molecular weight excluding hydrogens is 374 g/mol. The van der Waals surface area contributed by atoms with Crippen LogP contribution in [0.5, 0.6) is 11.5 Å². The van der Waals surface area contributed by atoms with Gasteiger partial charge in [0, 0.05) is 0 Å². The van der Waals surface area contributed by atoms with Crippen molar-refractivity contribution in [2.45, 2.75) is 31.7 Å². The zero-order valence-corrected chi connectivity index (χ0v) is 17.3. The number of hydrogen-bond acceptors (Lipinski definition) is 4. The number of fused-ring (bicyclic) bond motifs is 1. The lowest BCUT2D eigenvalue weighted by Gasteiger charge is -2.16. The third-order valence-corrected chi connectivity index (χ3v) is 6.25. The average Bonchev–Trinajstić information content (AvgIpc) is 2.67. The molecule has 0 aliphatic carbocycles. The van der Waals surface area contributed by atoms with E-state index in [1.807, 2.05) is 50.2 Å². The highest BCUT2D eigenvalue weighted by atomic mass is 32.2. The molecule has 1 atom stereocenters. The van der Waals surface area contributed by atoms with E-state index >= 15 is 0 Å². The quantitative estimate of drug-likeness (QED) is 0.646.